The summed E-state index contributed by atoms with van der Waals surface area (Å²) < 4.78 is 34.1. The van der Waals surface area contributed by atoms with Gasteiger partial charge in [-0.1, -0.05) is 6.07 Å². The van der Waals surface area contributed by atoms with E-state index in [1.54, 1.807) is 0 Å². The van der Waals surface area contributed by atoms with Crippen LogP contribution in [0.2, 0.25) is 0 Å². The molecule has 0 bridgehead atoms. The molecule has 3 aliphatic heterocycles. The molecule has 1 aromatic rings. The van der Waals surface area contributed by atoms with Gasteiger partial charge < -0.3 is 14.6 Å². The standard InChI is InChI=1S/C16H22N2O5S/c19-14-10-24(20,21)9-13(14)18-5-3-17(4-6-18)8-12-1-2-15-16(7-12)23-11-22-15/h1-2,7,13-14,19H,3-6,8-11H2. The zero-order chi connectivity index (χ0) is 16.7. The Hall–Kier alpha value is -1.35. The lowest BCUT2D eigenvalue weighted by molar-refractivity contribution is 0.0424. The smallest absolute Gasteiger partial charge is 0.231 e. The molecule has 2 saturated heterocycles. The first-order valence-electron chi connectivity index (χ1n) is 8.24. The molecule has 24 heavy (non-hydrogen) atoms. The molecule has 4 rings (SSSR count). The summed E-state index contributed by atoms with van der Waals surface area (Å²) in [6.45, 7) is 4.39. The van der Waals surface area contributed by atoms with Gasteiger partial charge in [-0.3, -0.25) is 9.80 Å². The van der Waals surface area contributed by atoms with E-state index in [1.807, 2.05) is 18.2 Å². The molecule has 0 aromatic heterocycles. The zero-order valence-electron chi connectivity index (χ0n) is 13.4. The van der Waals surface area contributed by atoms with Gasteiger partial charge in [0.15, 0.2) is 21.3 Å². The van der Waals surface area contributed by atoms with Crippen molar-refractivity contribution in [2.24, 2.45) is 0 Å². The Morgan fingerprint density at radius 2 is 1.83 bits per heavy atom. The van der Waals surface area contributed by atoms with Crippen molar-refractivity contribution in [3.05, 3.63) is 23.8 Å². The highest BCUT2D eigenvalue weighted by Gasteiger charge is 2.40. The summed E-state index contributed by atoms with van der Waals surface area (Å²) in [5, 5.41) is 10.0. The maximum absolute atomic E-state index is 11.7. The van der Waals surface area contributed by atoms with Crippen LogP contribution >= 0.6 is 0 Å². The average Bonchev–Trinajstić information content (AvgIpc) is 3.11. The number of benzene rings is 1. The van der Waals surface area contributed by atoms with Crippen LogP contribution in [0.1, 0.15) is 5.56 Å². The molecule has 0 amide bonds. The normalized spacial score (nSPS) is 29.9. The van der Waals surface area contributed by atoms with Gasteiger partial charge in [-0.2, -0.15) is 0 Å². The van der Waals surface area contributed by atoms with Crippen LogP contribution in [0.5, 0.6) is 11.5 Å². The average molecular weight is 354 g/mol. The van der Waals surface area contributed by atoms with Crippen LogP contribution in [0.3, 0.4) is 0 Å². The molecule has 7 nitrogen and oxygen atoms in total. The molecule has 0 radical (unpaired) electrons. The Morgan fingerprint density at radius 3 is 2.54 bits per heavy atom. The minimum absolute atomic E-state index is 0.0797. The molecule has 1 aromatic carbocycles. The van der Waals surface area contributed by atoms with Crippen LogP contribution in [0.25, 0.3) is 0 Å². The lowest BCUT2D eigenvalue weighted by Gasteiger charge is -2.38. The van der Waals surface area contributed by atoms with E-state index in [9.17, 15) is 13.5 Å². The molecule has 3 aliphatic rings. The number of fused-ring (bicyclic) bond motifs is 1. The monoisotopic (exact) mass is 354 g/mol. The van der Waals surface area contributed by atoms with E-state index in [0.717, 1.165) is 44.2 Å². The highest BCUT2D eigenvalue weighted by atomic mass is 32.2. The summed E-state index contributed by atoms with van der Waals surface area (Å²) in [5.74, 6) is 1.57. The van der Waals surface area contributed by atoms with Crippen LogP contribution < -0.4 is 9.47 Å². The van der Waals surface area contributed by atoms with E-state index in [1.165, 1.54) is 5.56 Å². The maximum Gasteiger partial charge on any atom is 0.231 e. The third kappa shape index (κ3) is 3.23. The number of hydrogen-bond donors (Lipinski definition) is 1. The summed E-state index contributed by atoms with van der Waals surface area (Å²) in [6.07, 6.45) is -0.754. The van der Waals surface area contributed by atoms with Crippen LogP contribution in [0.4, 0.5) is 0 Å². The van der Waals surface area contributed by atoms with Gasteiger partial charge in [0.2, 0.25) is 6.79 Å². The van der Waals surface area contributed by atoms with Crippen LogP contribution in [-0.4, -0.2) is 79.9 Å². The fraction of sp³-hybridized carbons (Fsp3) is 0.625. The predicted molar refractivity (Wildman–Crippen MR) is 87.9 cm³/mol. The fourth-order valence-corrected chi connectivity index (χ4v) is 5.54. The number of piperazine rings is 1. The molecule has 2 atom stereocenters. The van der Waals surface area contributed by atoms with E-state index in [0.29, 0.717) is 0 Å². The summed E-state index contributed by atoms with van der Waals surface area (Å²) in [7, 11) is -3.09. The number of aliphatic hydroxyl groups is 1. The van der Waals surface area contributed by atoms with Crippen molar-refractivity contribution in [1.29, 1.82) is 0 Å². The first-order chi connectivity index (χ1) is 11.5. The second-order valence-corrected chi connectivity index (χ2v) is 8.87. The van der Waals surface area contributed by atoms with Gasteiger partial charge in [0, 0.05) is 32.7 Å². The number of sulfone groups is 1. The van der Waals surface area contributed by atoms with Gasteiger partial charge in [-0.05, 0) is 17.7 Å². The number of hydrogen-bond acceptors (Lipinski definition) is 7. The third-order valence-corrected chi connectivity index (χ3v) is 6.71. The first-order valence-corrected chi connectivity index (χ1v) is 10.1. The summed E-state index contributed by atoms with van der Waals surface area (Å²) in [5.41, 5.74) is 1.18. The molecule has 132 valence electrons. The van der Waals surface area contributed by atoms with Gasteiger partial charge in [0.25, 0.3) is 0 Å². The van der Waals surface area contributed by atoms with Gasteiger partial charge in [-0.15, -0.1) is 0 Å². The van der Waals surface area contributed by atoms with Gasteiger partial charge in [0.05, 0.1) is 23.7 Å². The largest absolute Gasteiger partial charge is 0.454 e. The predicted octanol–water partition coefficient (Wildman–Crippen LogP) is -0.309. The van der Waals surface area contributed by atoms with E-state index in [4.69, 9.17) is 9.47 Å². The van der Waals surface area contributed by atoms with Crippen molar-refractivity contribution in [2.75, 3.05) is 44.5 Å². The third-order valence-electron chi connectivity index (χ3n) is 5.01. The highest BCUT2D eigenvalue weighted by molar-refractivity contribution is 7.91. The first kappa shape index (κ1) is 16.1. The molecule has 1 N–H and O–H groups in total. The number of aliphatic hydroxyl groups excluding tert-OH is 1. The van der Waals surface area contributed by atoms with Crippen LogP contribution in [-0.2, 0) is 16.4 Å². The Morgan fingerprint density at radius 1 is 1.08 bits per heavy atom. The molecule has 2 unspecified atom stereocenters. The van der Waals surface area contributed by atoms with Crippen molar-refractivity contribution in [2.45, 2.75) is 18.7 Å². The Kier molecular flexibility index (Phi) is 4.16. The van der Waals surface area contributed by atoms with E-state index in [2.05, 4.69) is 9.80 Å². The van der Waals surface area contributed by atoms with Gasteiger partial charge >= 0.3 is 0 Å². The summed E-state index contributed by atoms with van der Waals surface area (Å²) in [4.78, 5) is 4.45. The van der Waals surface area contributed by atoms with Crippen molar-refractivity contribution in [1.82, 2.24) is 9.80 Å². The zero-order valence-corrected chi connectivity index (χ0v) is 14.2. The number of ether oxygens (including phenoxy) is 2. The summed E-state index contributed by atoms with van der Waals surface area (Å²) in [6, 6.07) is 5.76. The van der Waals surface area contributed by atoms with Crippen LogP contribution in [0, 0.1) is 0 Å². The second kappa shape index (κ2) is 6.18. The molecule has 3 heterocycles. The second-order valence-electron chi connectivity index (χ2n) is 6.71. The maximum atomic E-state index is 11.7. The lowest BCUT2D eigenvalue weighted by Crippen LogP contribution is -2.53. The Balaban J connectivity index is 1.33. The number of rotatable bonds is 3. The van der Waals surface area contributed by atoms with Gasteiger partial charge in [0.1, 0.15) is 0 Å². The van der Waals surface area contributed by atoms with E-state index < -0.39 is 15.9 Å². The van der Waals surface area contributed by atoms with Crippen LogP contribution in [0.15, 0.2) is 18.2 Å². The van der Waals surface area contributed by atoms with Gasteiger partial charge in [-0.25, -0.2) is 8.42 Å². The van der Waals surface area contributed by atoms with Crippen molar-refractivity contribution in [3.8, 4) is 11.5 Å². The molecule has 0 saturated carbocycles. The summed E-state index contributed by atoms with van der Waals surface area (Å²) >= 11 is 0. The minimum atomic E-state index is -3.09. The Labute approximate surface area is 141 Å². The molecule has 2 fully saturated rings. The topological polar surface area (TPSA) is 79.3 Å². The molecular weight excluding hydrogens is 332 g/mol. The molecule has 0 spiro atoms. The molecule has 8 heteroatoms. The molecular formula is C16H22N2O5S. The quantitative estimate of drug-likeness (QED) is 0.798. The van der Waals surface area contributed by atoms with E-state index in [-0.39, 0.29) is 24.3 Å². The minimum Gasteiger partial charge on any atom is -0.454 e. The van der Waals surface area contributed by atoms with E-state index >= 15 is 0 Å². The van der Waals surface area contributed by atoms with Crippen molar-refractivity contribution >= 4 is 9.84 Å². The lowest BCUT2D eigenvalue weighted by atomic mass is 10.1. The van der Waals surface area contributed by atoms with Crippen molar-refractivity contribution in [3.63, 3.8) is 0 Å². The Bertz CT molecular complexity index is 715. The molecule has 0 aliphatic carbocycles. The fourth-order valence-electron chi connectivity index (χ4n) is 3.71. The van der Waals surface area contributed by atoms with Crippen molar-refractivity contribution < 1.29 is 23.0 Å². The highest BCUT2D eigenvalue weighted by Crippen LogP contribution is 2.33. The SMILES string of the molecule is O=S1(=O)CC(O)C(N2CCN(Cc3ccc4c(c3)OCO4)CC2)C1. The number of nitrogens with zero attached hydrogens (tertiary/aromatic N) is 2.